The van der Waals surface area contributed by atoms with Gasteiger partial charge in [-0.05, 0) is 71.2 Å². The molecule has 0 unspecified atom stereocenters. The Hall–Kier alpha value is -2.39. The van der Waals surface area contributed by atoms with E-state index in [9.17, 15) is 0 Å². The fourth-order valence-corrected chi connectivity index (χ4v) is 6.53. The van der Waals surface area contributed by atoms with Crippen LogP contribution in [0, 0.1) is 0 Å². The summed E-state index contributed by atoms with van der Waals surface area (Å²) in [5.41, 5.74) is 8.86. The van der Waals surface area contributed by atoms with E-state index in [0.717, 1.165) is 6.67 Å². The minimum Gasteiger partial charge on any atom is -0.321 e. The van der Waals surface area contributed by atoms with Crippen molar-refractivity contribution in [1.82, 2.24) is 0 Å². The van der Waals surface area contributed by atoms with Crippen LogP contribution < -0.4 is 9.80 Å². The number of nitrogens with zero attached hydrogens (tertiary/aromatic N) is 2. The van der Waals surface area contributed by atoms with Gasteiger partial charge in [0.25, 0.3) is 0 Å². The van der Waals surface area contributed by atoms with E-state index in [2.05, 4.69) is 98.2 Å². The van der Waals surface area contributed by atoms with E-state index in [4.69, 9.17) is 0 Å². The van der Waals surface area contributed by atoms with Crippen molar-refractivity contribution < 1.29 is 0 Å². The molecule has 3 aromatic carbocycles. The quantitative estimate of drug-likeness (QED) is 0.403. The highest BCUT2D eigenvalue weighted by molar-refractivity contribution is 7.99. The molecule has 0 amide bonds. The first kappa shape index (κ1) is 18.4. The van der Waals surface area contributed by atoms with Crippen molar-refractivity contribution in [2.24, 2.45) is 0 Å². The molecule has 0 saturated heterocycles. The third-order valence-electron chi connectivity index (χ3n) is 7.33. The van der Waals surface area contributed by atoms with Gasteiger partial charge in [-0.2, -0.15) is 0 Å². The van der Waals surface area contributed by atoms with Crippen LogP contribution >= 0.6 is 11.8 Å². The van der Waals surface area contributed by atoms with Gasteiger partial charge in [-0.25, -0.2) is 0 Å². The zero-order valence-corrected chi connectivity index (χ0v) is 19.0. The average Bonchev–Trinajstić information content (AvgIpc) is 3.13. The number of fused-ring (bicyclic) bond motifs is 3. The molecule has 3 aromatic rings. The summed E-state index contributed by atoms with van der Waals surface area (Å²) in [5.74, 6) is 0. The van der Waals surface area contributed by atoms with Gasteiger partial charge in [-0.3, -0.25) is 0 Å². The lowest BCUT2D eigenvalue weighted by atomic mass is 9.63. The number of anilines is 4. The minimum absolute atomic E-state index is 0.225. The van der Waals surface area contributed by atoms with E-state index in [-0.39, 0.29) is 10.8 Å². The second kappa shape index (κ2) is 6.07. The number of rotatable bonds is 1. The van der Waals surface area contributed by atoms with E-state index < -0.39 is 0 Å². The van der Waals surface area contributed by atoms with Crippen LogP contribution in [0.3, 0.4) is 0 Å². The van der Waals surface area contributed by atoms with Crippen LogP contribution in [0.25, 0.3) is 0 Å². The maximum atomic E-state index is 2.54. The van der Waals surface area contributed by atoms with Crippen molar-refractivity contribution in [3.8, 4) is 0 Å². The van der Waals surface area contributed by atoms with Gasteiger partial charge in [0, 0.05) is 15.5 Å². The lowest BCUT2D eigenvalue weighted by molar-refractivity contribution is 0.331. The Morgan fingerprint density at radius 1 is 0.700 bits per heavy atom. The summed E-state index contributed by atoms with van der Waals surface area (Å²) in [6.07, 6.45) is 2.50. The molecule has 0 fully saturated rings. The second-order valence-electron chi connectivity index (χ2n) is 10.2. The van der Waals surface area contributed by atoms with Crippen molar-refractivity contribution in [2.75, 3.05) is 16.5 Å². The topological polar surface area (TPSA) is 6.48 Å². The monoisotopic (exact) mass is 412 g/mol. The standard InChI is InChI=1S/C27H28N2S/c1-26(2)13-14-27(3,4)20-16-24-22(15-19(20)26)29-17-28(18-9-6-5-7-10-18)21-11-8-12-23(30-24)25(21)29/h5-12,15-16H,13-14,17H2,1-4H3. The molecule has 2 nitrogen and oxygen atoms in total. The first-order chi connectivity index (χ1) is 14.4. The third kappa shape index (κ3) is 2.51. The number of para-hydroxylation sites is 2. The molecule has 6 rings (SSSR count). The Labute approximate surface area is 183 Å². The minimum atomic E-state index is 0.225. The van der Waals surface area contributed by atoms with Gasteiger partial charge in [0.2, 0.25) is 0 Å². The molecule has 0 bridgehead atoms. The Morgan fingerprint density at radius 2 is 1.40 bits per heavy atom. The highest BCUT2D eigenvalue weighted by atomic mass is 32.2. The normalized spacial score (nSPS) is 19.9. The molecule has 0 N–H and O–H groups in total. The van der Waals surface area contributed by atoms with Gasteiger partial charge in [-0.15, -0.1) is 0 Å². The fourth-order valence-electron chi connectivity index (χ4n) is 5.39. The molecule has 30 heavy (non-hydrogen) atoms. The van der Waals surface area contributed by atoms with E-state index >= 15 is 0 Å². The third-order valence-corrected chi connectivity index (χ3v) is 8.43. The molecule has 0 spiro atoms. The summed E-state index contributed by atoms with van der Waals surface area (Å²) in [6.45, 7) is 10.5. The summed E-state index contributed by atoms with van der Waals surface area (Å²) in [4.78, 5) is 7.76. The lowest BCUT2D eigenvalue weighted by Gasteiger charge is -2.43. The molecule has 3 heteroatoms. The molecule has 152 valence electrons. The largest absolute Gasteiger partial charge is 0.321 e. The molecule has 1 aliphatic carbocycles. The fraction of sp³-hybridized carbons (Fsp3) is 0.333. The van der Waals surface area contributed by atoms with Crippen LogP contribution in [0.5, 0.6) is 0 Å². The maximum absolute atomic E-state index is 2.54. The Bertz CT molecular complexity index is 1160. The maximum Gasteiger partial charge on any atom is 0.100 e. The highest BCUT2D eigenvalue weighted by Crippen LogP contribution is 2.58. The SMILES string of the molecule is CC1(C)CCC(C)(C)c2cc3c(cc21)Sc1cccc2c1N3CN2c1ccccc1. The van der Waals surface area contributed by atoms with Crippen LogP contribution in [-0.4, -0.2) is 6.67 Å². The summed E-state index contributed by atoms with van der Waals surface area (Å²) < 4.78 is 0. The molecule has 0 saturated carbocycles. The van der Waals surface area contributed by atoms with Crippen LogP contribution in [0.4, 0.5) is 22.7 Å². The zero-order valence-electron chi connectivity index (χ0n) is 18.2. The van der Waals surface area contributed by atoms with Gasteiger partial charge < -0.3 is 9.80 Å². The number of hydrogen-bond acceptors (Lipinski definition) is 3. The van der Waals surface area contributed by atoms with Crippen molar-refractivity contribution in [2.45, 2.75) is 61.2 Å². The molecule has 2 heterocycles. The number of benzene rings is 3. The predicted octanol–water partition coefficient (Wildman–Crippen LogP) is 7.75. The van der Waals surface area contributed by atoms with Crippen LogP contribution in [0.2, 0.25) is 0 Å². The van der Waals surface area contributed by atoms with Crippen LogP contribution in [0.1, 0.15) is 51.7 Å². The van der Waals surface area contributed by atoms with Crippen LogP contribution in [-0.2, 0) is 10.8 Å². The predicted molar refractivity (Wildman–Crippen MR) is 128 cm³/mol. The summed E-state index contributed by atoms with van der Waals surface area (Å²) >= 11 is 1.94. The molecular formula is C27H28N2S. The van der Waals surface area contributed by atoms with Gasteiger partial charge in [-0.1, -0.05) is 63.7 Å². The second-order valence-corrected chi connectivity index (χ2v) is 11.3. The smallest absolute Gasteiger partial charge is 0.100 e. The van der Waals surface area contributed by atoms with Gasteiger partial charge in [0.15, 0.2) is 0 Å². The first-order valence-electron chi connectivity index (χ1n) is 11.0. The number of hydrogen-bond donors (Lipinski definition) is 0. The van der Waals surface area contributed by atoms with Crippen molar-refractivity contribution in [1.29, 1.82) is 0 Å². The molecule has 0 atom stereocenters. The van der Waals surface area contributed by atoms with Crippen LogP contribution in [0.15, 0.2) is 70.5 Å². The van der Waals surface area contributed by atoms with E-state index in [1.807, 2.05) is 11.8 Å². The highest BCUT2D eigenvalue weighted by Gasteiger charge is 2.41. The first-order valence-corrected chi connectivity index (χ1v) is 11.8. The van der Waals surface area contributed by atoms with Crippen molar-refractivity contribution in [3.05, 3.63) is 71.8 Å². The lowest BCUT2D eigenvalue weighted by Crippen LogP contribution is -2.34. The molecule has 3 aliphatic rings. The molecular weight excluding hydrogens is 384 g/mol. The molecule has 0 aromatic heterocycles. The zero-order chi connectivity index (χ0) is 20.7. The summed E-state index contributed by atoms with van der Waals surface area (Å²) in [6, 6.07) is 22.6. The summed E-state index contributed by atoms with van der Waals surface area (Å²) in [7, 11) is 0. The van der Waals surface area contributed by atoms with Crippen molar-refractivity contribution >= 4 is 34.5 Å². The van der Waals surface area contributed by atoms with Crippen molar-refractivity contribution in [3.63, 3.8) is 0 Å². The van der Waals surface area contributed by atoms with Gasteiger partial charge in [0.1, 0.15) is 6.67 Å². The Kier molecular flexibility index (Phi) is 3.72. The Balaban J connectivity index is 1.54. The van der Waals surface area contributed by atoms with E-state index in [1.54, 1.807) is 5.56 Å². The van der Waals surface area contributed by atoms with E-state index in [0.29, 0.717) is 0 Å². The summed E-state index contributed by atoms with van der Waals surface area (Å²) in [5, 5.41) is 0. The average molecular weight is 413 g/mol. The van der Waals surface area contributed by atoms with Gasteiger partial charge in [0.05, 0.1) is 17.1 Å². The molecule has 2 aliphatic heterocycles. The van der Waals surface area contributed by atoms with E-state index in [1.165, 1.54) is 50.9 Å². The Morgan fingerprint density at radius 3 is 2.13 bits per heavy atom. The molecule has 0 radical (unpaired) electrons. The van der Waals surface area contributed by atoms with Gasteiger partial charge >= 0.3 is 0 Å².